The van der Waals surface area contributed by atoms with E-state index in [1.165, 1.54) is 11.1 Å². The van der Waals surface area contributed by atoms with E-state index in [1.807, 2.05) is 12.1 Å². The first-order chi connectivity index (χ1) is 9.74. The van der Waals surface area contributed by atoms with Crippen molar-refractivity contribution < 1.29 is 4.74 Å². The summed E-state index contributed by atoms with van der Waals surface area (Å²) in [7, 11) is 1.69. The van der Waals surface area contributed by atoms with E-state index in [1.54, 1.807) is 7.11 Å². The van der Waals surface area contributed by atoms with Gasteiger partial charge in [-0.05, 0) is 36.6 Å². The molecule has 0 spiro atoms. The standard InChI is InChI=1S/C18H23NO/c1-4-18(16-8-6-5-7-9-16)19-14(2)15-10-12-17(20-3)13-11-15/h5-14,18-19H,4H2,1-3H3/t14-,18?/m1/s1. The van der Waals surface area contributed by atoms with Gasteiger partial charge in [0.2, 0.25) is 0 Å². The molecule has 0 heterocycles. The molecule has 0 saturated carbocycles. The summed E-state index contributed by atoms with van der Waals surface area (Å²) in [5, 5.41) is 3.70. The Morgan fingerprint density at radius 1 is 0.950 bits per heavy atom. The van der Waals surface area contributed by atoms with E-state index >= 15 is 0 Å². The summed E-state index contributed by atoms with van der Waals surface area (Å²) in [6.07, 6.45) is 1.07. The number of nitrogens with one attached hydrogen (secondary N) is 1. The third-order valence-corrected chi connectivity index (χ3v) is 3.68. The maximum Gasteiger partial charge on any atom is 0.118 e. The summed E-state index contributed by atoms with van der Waals surface area (Å²) in [6, 6.07) is 19.6. The SMILES string of the molecule is CCC(N[C@H](C)c1ccc(OC)cc1)c1ccccc1. The van der Waals surface area contributed by atoms with Crippen LogP contribution < -0.4 is 10.1 Å². The molecule has 0 aliphatic rings. The third kappa shape index (κ3) is 3.61. The molecule has 0 aliphatic carbocycles. The highest BCUT2D eigenvalue weighted by atomic mass is 16.5. The molecule has 0 bridgehead atoms. The fourth-order valence-corrected chi connectivity index (χ4v) is 2.43. The lowest BCUT2D eigenvalue weighted by molar-refractivity contribution is 0.413. The molecular formula is C18H23NO. The summed E-state index contributed by atoms with van der Waals surface area (Å²) in [4.78, 5) is 0. The summed E-state index contributed by atoms with van der Waals surface area (Å²) < 4.78 is 5.20. The van der Waals surface area contributed by atoms with Crippen molar-refractivity contribution in [3.63, 3.8) is 0 Å². The quantitative estimate of drug-likeness (QED) is 0.834. The van der Waals surface area contributed by atoms with Crippen molar-refractivity contribution in [1.29, 1.82) is 0 Å². The highest BCUT2D eigenvalue weighted by Gasteiger charge is 2.13. The van der Waals surface area contributed by atoms with Crippen LogP contribution in [0.1, 0.15) is 43.5 Å². The predicted molar refractivity (Wildman–Crippen MR) is 84.0 cm³/mol. The molecule has 1 N–H and O–H groups in total. The van der Waals surface area contributed by atoms with Crippen LogP contribution in [-0.4, -0.2) is 7.11 Å². The molecule has 1 unspecified atom stereocenters. The fraction of sp³-hybridized carbons (Fsp3) is 0.333. The van der Waals surface area contributed by atoms with Gasteiger partial charge in [0, 0.05) is 12.1 Å². The highest BCUT2D eigenvalue weighted by molar-refractivity contribution is 5.29. The molecule has 2 heteroatoms. The van der Waals surface area contributed by atoms with Crippen LogP contribution >= 0.6 is 0 Å². The van der Waals surface area contributed by atoms with E-state index < -0.39 is 0 Å². The van der Waals surface area contributed by atoms with E-state index in [0.717, 1.165) is 12.2 Å². The molecule has 20 heavy (non-hydrogen) atoms. The van der Waals surface area contributed by atoms with Crippen molar-refractivity contribution in [2.45, 2.75) is 32.4 Å². The second-order valence-corrected chi connectivity index (χ2v) is 5.03. The fourth-order valence-electron chi connectivity index (χ4n) is 2.43. The van der Waals surface area contributed by atoms with Crippen LogP contribution in [0.3, 0.4) is 0 Å². The molecule has 2 atom stereocenters. The Morgan fingerprint density at radius 3 is 2.15 bits per heavy atom. The molecule has 0 radical (unpaired) electrons. The Labute approximate surface area is 121 Å². The second kappa shape index (κ2) is 7.11. The molecule has 106 valence electrons. The number of methoxy groups -OCH3 is 1. The first-order valence-corrected chi connectivity index (χ1v) is 7.19. The van der Waals surface area contributed by atoms with Gasteiger partial charge in [0.25, 0.3) is 0 Å². The predicted octanol–water partition coefficient (Wildman–Crippen LogP) is 4.50. The summed E-state index contributed by atoms with van der Waals surface area (Å²) in [5.41, 5.74) is 2.62. The first-order valence-electron chi connectivity index (χ1n) is 7.19. The summed E-state index contributed by atoms with van der Waals surface area (Å²) in [5.74, 6) is 0.899. The average molecular weight is 269 g/mol. The lowest BCUT2D eigenvalue weighted by Gasteiger charge is -2.23. The van der Waals surface area contributed by atoms with Gasteiger partial charge >= 0.3 is 0 Å². The Hall–Kier alpha value is -1.80. The molecule has 0 aromatic heterocycles. The van der Waals surface area contributed by atoms with Crippen molar-refractivity contribution >= 4 is 0 Å². The van der Waals surface area contributed by atoms with Gasteiger partial charge in [-0.25, -0.2) is 0 Å². The molecule has 2 aromatic carbocycles. The van der Waals surface area contributed by atoms with Crippen LogP contribution in [0.2, 0.25) is 0 Å². The smallest absolute Gasteiger partial charge is 0.118 e. The number of rotatable bonds is 6. The van der Waals surface area contributed by atoms with Gasteiger partial charge in [-0.15, -0.1) is 0 Å². The van der Waals surface area contributed by atoms with Crippen molar-refractivity contribution in [3.8, 4) is 5.75 Å². The van der Waals surface area contributed by atoms with Crippen LogP contribution in [-0.2, 0) is 0 Å². The number of ether oxygens (including phenoxy) is 1. The van der Waals surface area contributed by atoms with E-state index in [4.69, 9.17) is 4.74 Å². The van der Waals surface area contributed by atoms with E-state index in [-0.39, 0.29) is 0 Å². The lowest BCUT2D eigenvalue weighted by atomic mass is 10.0. The van der Waals surface area contributed by atoms with Crippen LogP contribution in [0.15, 0.2) is 54.6 Å². The Bertz CT molecular complexity index is 507. The molecule has 2 nitrogen and oxygen atoms in total. The van der Waals surface area contributed by atoms with Gasteiger partial charge in [-0.1, -0.05) is 49.4 Å². The van der Waals surface area contributed by atoms with Crippen LogP contribution in [0, 0.1) is 0 Å². The van der Waals surface area contributed by atoms with Crippen molar-refractivity contribution in [2.24, 2.45) is 0 Å². The largest absolute Gasteiger partial charge is 0.497 e. The van der Waals surface area contributed by atoms with E-state index in [0.29, 0.717) is 12.1 Å². The number of hydrogen-bond acceptors (Lipinski definition) is 2. The molecule has 2 aromatic rings. The number of hydrogen-bond donors (Lipinski definition) is 1. The van der Waals surface area contributed by atoms with Crippen LogP contribution in [0.4, 0.5) is 0 Å². The van der Waals surface area contributed by atoms with E-state index in [2.05, 4.69) is 61.6 Å². The Morgan fingerprint density at radius 2 is 1.60 bits per heavy atom. The topological polar surface area (TPSA) is 21.3 Å². The molecule has 0 saturated heterocycles. The normalized spacial score (nSPS) is 13.8. The van der Waals surface area contributed by atoms with Gasteiger partial charge in [-0.3, -0.25) is 0 Å². The molecule has 0 aliphatic heterocycles. The summed E-state index contributed by atoms with van der Waals surface area (Å²) >= 11 is 0. The Kier molecular flexibility index (Phi) is 5.19. The maximum atomic E-state index is 5.20. The zero-order valence-corrected chi connectivity index (χ0v) is 12.5. The third-order valence-electron chi connectivity index (χ3n) is 3.68. The molecule has 0 fully saturated rings. The van der Waals surface area contributed by atoms with Crippen LogP contribution in [0.25, 0.3) is 0 Å². The molecule has 0 amide bonds. The Balaban J connectivity index is 2.06. The second-order valence-electron chi connectivity index (χ2n) is 5.03. The monoisotopic (exact) mass is 269 g/mol. The lowest BCUT2D eigenvalue weighted by Crippen LogP contribution is -2.24. The van der Waals surface area contributed by atoms with Gasteiger partial charge < -0.3 is 10.1 Å². The minimum absolute atomic E-state index is 0.311. The van der Waals surface area contributed by atoms with Crippen LogP contribution in [0.5, 0.6) is 5.75 Å². The minimum atomic E-state index is 0.311. The van der Waals surface area contributed by atoms with Gasteiger partial charge in [0.15, 0.2) is 0 Å². The first kappa shape index (κ1) is 14.6. The highest BCUT2D eigenvalue weighted by Crippen LogP contribution is 2.23. The zero-order valence-electron chi connectivity index (χ0n) is 12.5. The summed E-state index contributed by atoms with van der Waals surface area (Å²) in [6.45, 7) is 4.42. The zero-order chi connectivity index (χ0) is 14.4. The van der Waals surface area contributed by atoms with Crippen molar-refractivity contribution in [3.05, 3.63) is 65.7 Å². The van der Waals surface area contributed by atoms with E-state index in [9.17, 15) is 0 Å². The minimum Gasteiger partial charge on any atom is -0.497 e. The van der Waals surface area contributed by atoms with Gasteiger partial charge in [0.05, 0.1) is 7.11 Å². The maximum absolute atomic E-state index is 5.20. The molecular weight excluding hydrogens is 246 g/mol. The van der Waals surface area contributed by atoms with Crippen molar-refractivity contribution in [1.82, 2.24) is 5.32 Å². The molecule has 2 rings (SSSR count). The van der Waals surface area contributed by atoms with Gasteiger partial charge in [-0.2, -0.15) is 0 Å². The average Bonchev–Trinajstić information content (AvgIpc) is 2.53. The van der Waals surface area contributed by atoms with Gasteiger partial charge in [0.1, 0.15) is 5.75 Å². The number of benzene rings is 2. The van der Waals surface area contributed by atoms with Crippen molar-refractivity contribution in [2.75, 3.05) is 7.11 Å².